The summed E-state index contributed by atoms with van der Waals surface area (Å²) in [5, 5.41) is 0. The molecule has 0 aromatic heterocycles. The number of hydrogen-bond donors (Lipinski definition) is 0. The van der Waals surface area contributed by atoms with Gasteiger partial charge in [0.1, 0.15) is 0 Å². The third-order valence-electron chi connectivity index (χ3n) is 2.09. The average Bonchev–Trinajstić information content (AvgIpc) is 2.21. The van der Waals surface area contributed by atoms with Crippen LogP contribution >= 0.6 is 0 Å². The van der Waals surface area contributed by atoms with E-state index in [1.54, 1.807) is 20.0 Å². The number of nitrogens with zero attached hydrogens (tertiary/aromatic N) is 2. The Morgan fingerprint density at radius 1 is 1.35 bits per heavy atom. The van der Waals surface area contributed by atoms with Gasteiger partial charge in [-0.15, -0.1) is 0 Å². The van der Waals surface area contributed by atoms with Crippen LogP contribution in [0.15, 0.2) is 18.2 Å². The summed E-state index contributed by atoms with van der Waals surface area (Å²) in [6, 6.07) is 4.47. The zero-order valence-corrected chi connectivity index (χ0v) is 10.5. The standard InChI is InChI=1S/C12H17FN2O2/c1-9-5-6-11(10(13)7-9)17-12(16)15(4)8-14(2)3/h5-7H,8H2,1-4H3. The summed E-state index contributed by atoms with van der Waals surface area (Å²) in [6.45, 7) is 2.18. The van der Waals surface area contributed by atoms with Gasteiger partial charge < -0.3 is 4.74 Å². The van der Waals surface area contributed by atoms with Gasteiger partial charge in [0.05, 0.1) is 6.67 Å². The van der Waals surface area contributed by atoms with Gasteiger partial charge >= 0.3 is 6.09 Å². The monoisotopic (exact) mass is 240 g/mol. The Kier molecular flexibility index (Phi) is 4.45. The van der Waals surface area contributed by atoms with Crippen molar-refractivity contribution in [2.24, 2.45) is 0 Å². The van der Waals surface area contributed by atoms with Gasteiger partial charge in [-0.05, 0) is 38.7 Å². The number of hydrogen-bond acceptors (Lipinski definition) is 3. The highest BCUT2D eigenvalue weighted by atomic mass is 19.1. The Hall–Kier alpha value is -1.62. The van der Waals surface area contributed by atoms with E-state index in [0.717, 1.165) is 5.56 Å². The van der Waals surface area contributed by atoms with Gasteiger partial charge in [0.15, 0.2) is 11.6 Å². The SMILES string of the molecule is Cc1ccc(OC(=O)N(C)CN(C)C)c(F)c1. The van der Waals surface area contributed by atoms with Crippen molar-refractivity contribution in [2.45, 2.75) is 6.92 Å². The fourth-order valence-corrected chi connectivity index (χ4v) is 1.34. The molecule has 0 aliphatic heterocycles. The first kappa shape index (κ1) is 13.4. The van der Waals surface area contributed by atoms with Crippen molar-refractivity contribution in [3.05, 3.63) is 29.6 Å². The molecule has 1 aromatic rings. The van der Waals surface area contributed by atoms with E-state index in [2.05, 4.69) is 0 Å². The predicted octanol–water partition coefficient (Wildman–Crippen LogP) is 2.08. The predicted molar refractivity (Wildman–Crippen MR) is 63.5 cm³/mol. The number of halogens is 1. The van der Waals surface area contributed by atoms with E-state index in [0.29, 0.717) is 6.67 Å². The van der Waals surface area contributed by atoms with Crippen molar-refractivity contribution in [1.82, 2.24) is 9.80 Å². The van der Waals surface area contributed by atoms with Crippen LogP contribution in [0.4, 0.5) is 9.18 Å². The molecule has 0 bridgehead atoms. The van der Waals surface area contributed by atoms with Crippen LogP contribution < -0.4 is 4.74 Å². The number of carbonyl (C=O) groups is 1. The minimum absolute atomic E-state index is 0.0498. The number of amides is 1. The van der Waals surface area contributed by atoms with Crippen LogP contribution in [-0.2, 0) is 0 Å². The molecule has 0 aliphatic carbocycles. The highest BCUT2D eigenvalue weighted by Gasteiger charge is 2.14. The number of carbonyl (C=O) groups excluding carboxylic acids is 1. The molecule has 1 aromatic carbocycles. The molecule has 0 atom stereocenters. The van der Waals surface area contributed by atoms with Crippen molar-refractivity contribution in [3.8, 4) is 5.75 Å². The Labute approximate surface area is 101 Å². The summed E-state index contributed by atoms with van der Waals surface area (Å²) in [7, 11) is 5.25. The molecule has 1 amide bonds. The van der Waals surface area contributed by atoms with Gasteiger partial charge in [0, 0.05) is 7.05 Å². The lowest BCUT2D eigenvalue weighted by atomic mass is 10.2. The maximum absolute atomic E-state index is 13.4. The topological polar surface area (TPSA) is 32.8 Å². The Morgan fingerprint density at radius 2 is 2.00 bits per heavy atom. The molecule has 0 unspecified atom stereocenters. The van der Waals surface area contributed by atoms with Crippen LogP contribution in [0.1, 0.15) is 5.56 Å². The number of ether oxygens (including phenoxy) is 1. The summed E-state index contributed by atoms with van der Waals surface area (Å²) in [4.78, 5) is 14.8. The van der Waals surface area contributed by atoms with Crippen molar-refractivity contribution < 1.29 is 13.9 Å². The molecule has 94 valence electrons. The number of rotatable bonds is 3. The zero-order chi connectivity index (χ0) is 13.0. The molecule has 0 spiro atoms. The van der Waals surface area contributed by atoms with Gasteiger partial charge in [-0.2, -0.15) is 0 Å². The highest BCUT2D eigenvalue weighted by molar-refractivity contribution is 5.70. The maximum atomic E-state index is 13.4. The van der Waals surface area contributed by atoms with Crippen LogP contribution in [0.25, 0.3) is 0 Å². The van der Waals surface area contributed by atoms with E-state index in [-0.39, 0.29) is 5.75 Å². The van der Waals surface area contributed by atoms with E-state index in [1.165, 1.54) is 17.0 Å². The van der Waals surface area contributed by atoms with Crippen LogP contribution in [-0.4, -0.2) is 43.7 Å². The Bertz CT molecular complexity index is 407. The lowest BCUT2D eigenvalue weighted by Crippen LogP contribution is -2.37. The van der Waals surface area contributed by atoms with Crippen molar-refractivity contribution >= 4 is 6.09 Å². The molecular weight excluding hydrogens is 223 g/mol. The maximum Gasteiger partial charge on any atom is 0.416 e. The van der Waals surface area contributed by atoms with E-state index >= 15 is 0 Å². The molecule has 4 nitrogen and oxygen atoms in total. The molecule has 1 rings (SSSR count). The minimum atomic E-state index is -0.582. The lowest BCUT2D eigenvalue weighted by Gasteiger charge is -2.20. The molecule has 0 saturated heterocycles. The second kappa shape index (κ2) is 5.63. The molecule has 0 heterocycles. The Balaban J connectivity index is 2.67. The third-order valence-corrected chi connectivity index (χ3v) is 2.09. The summed E-state index contributed by atoms with van der Waals surface area (Å²) in [5.41, 5.74) is 0.781. The number of benzene rings is 1. The first-order valence-electron chi connectivity index (χ1n) is 5.24. The van der Waals surface area contributed by atoms with E-state index in [9.17, 15) is 9.18 Å². The fraction of sp³-hybridized carbons (Fsp3) is 0.417. The summed E-state index contributed by atoms with van der Waals surface area (Å²) in [6.07, 6.45) is -0.582. The summed E-state index contributed by atoms with van der Waals surface area (Å²) in [5.74, 6) is -0.581. The van der Waals surface area contributed by atoms with Crippen LogP contribution in [0, 0.1) is 12.7 Å². The highest BCUT2D eigenvalue weighted by Crippen LogP contribution is 2.18. The smallest absolute Gasteiger partial charge is 0.407 e. The molecule has 0 radical (unpaired) electrons. The molecule has 0 N–H and O–H groups in total. The summed E-state index contributed by atoms with van der Waals surface area (Å²) >= 11 is 0. The van der Waals surface area contributed by atoms with Gasteiger partial charge in [0.2, 0.25) is 0 Å². The van der Waals surface area contributed by atoms with Crippen LogP contribution in [0.2, 0.25) is 0 Å². The third kappa shape index (κ3) is 4.03. The van der Waals surface area contributed by atoms with Gasteiger partial charge in [0.25, 0.3) is 0 Å². The Morgan fingerprint density at radius 3 is 2.53 bits per heavy atom. The van der Waals surface area contributed by atoms with Crippen molar-refractivity contribution in [1.29, 1.82) is 0 Å². The molecular formula is C12H17FN2O2. The zero-order valence-electron chi connectivity index (χ0n) is 10.5. The van der Waals surface area contributed by atoms with E-state index in [4.69, 9.17) is 4.74 Å². The van der Waals surface area contributed by atoms with E-state index in [1.807, 2.05) is 19.0 Å². The van der Waals surface area contributed by atoms with E-state index < -0.39 is 11.9 Å². The fourth-order valence-electron chi connectivity index (χ4n) is 1.34. The second-order valence-corrected chi connectivity index (χ2v) is 4.22. The molecule has 5 heteroatoms. The largest absolute Gasteiger partial charge is 0.416 e. The van der Waals surface area contributed by atoms with Gasteiger partial charge in [-0.1, -0.05) is 6.07 Å². The van der Waals surface area contributed by atoms with Crippen molar-refractivity contribution in [2.75, 3.05) is 27.8 Å². The first-order valence-corrected chi connectivity index (χ1v) is 5.24. The molecule has 0 fully saturated rings. The lowest BCUT2D eigenvalue weighted by molar-refractivity contribution is 0.139. The minimum Gasteiger partial charge on any atom is -0.407 e. The molecule has 17 heavy (non-hydrogen) atoms. The van der Waals surface area contributed by atoms with Gasteiger partial charge in [-0.25, -0.2) is 9.18 Å². The van der Waals surface area contributed by atoms with Crippen LogP contribution in [0.5, 0.6) is 5.75 Å². The average molecular weight is 240 g/mol. The van der Waals surface area contributed by atoms with Crippen LogP contribution in [0.3, 0.4) is 0 Å². The van der Waals surface area contributed by atoms with Crippen molar-refractivity contribution in [3.63, 3.8) is 0 Å². The first-order chi connectivity index (χ1) is 7.90. The normalized spacial score (nSPS) is 10.5. The quantitative estimate of drug-likeness (QED) is 0.758. The molecule has 0 aliphatic rings. The number of aryl methyl sites for hydroxylation is 1. The molecule has 0 saturated carbocycles. The second-order valence-electron chi connectivity index (χ2n) is 4.22. The van der Waals surface area contributed by atoms with Gasteiger partial charge in [-0.3, -0.25) is 9.80 Å². The summed E-state index contributed by atoms with van der Waals surface area (Å²) < 4.78 is 18.4.